The molecule has 1 aliphatic carbocycles. The van der Waals surface area contributed by atoms with Gasteiger partial charge in [-0.15, -0.1) is 0 Å². The van der Waals surface area contributed by atoms with Gasteiger partial charge in [0.1, 0.15) is 0 Å². The van der Waals surface area contributed by atoms with Gasteiger partial charge in [0.25, 0.3) is 0 Å². The summed E-state index contributed by atoms with van der Waals surface area (Å²) in [5.74, 6) is 0. The van der Waals surface area contributed by atoms with E-state index in [1.165, 1.54) is 77.1 Å². The molecule has 0 N–H and O–H groups in total. The van der Waals surface area contributed by atoms with Crippen molar-refractivity contribution in [1.82, 2.24) is 4.57 Å². The fourth-order valence-electron chi connectivity index (χ4n) is 9.47. The molecule has 0 saturated carbocycles. The summed E-state index contributed by atoms with van der Waals surface area (Å²) in [6.45, 7) is 4.72. The molecule has 2 nitrogen and oxygen atoms in total. The lowest BCUT2D eigenvalue weighted by molar-refractivity contribution is 0.660. The molecular formula is C55H40N2. The molecule has 9 aromatic carbocycles. The number of para-hydroxylation sites is 3. The molecule has 0 bridgehead atoms. The average Bonchev–Trinajstić information content (AvgIpc) is 3.73. The standard InChI is InChI=1S/C55H40N2/c1-55(2)49-27-9-5-25-48(49)54-47(26-15-28-50(54)55)46-24-8-10-29-51(46)56(41-19-13-18-39(35-41)40-33-32-37-16-3-4-17-38(37)34-40)42-20-14-21-43(36-42)57-52-30-11-6-22-44(52)45-23-7-12-31-53(45)57/h3-36H,1-2H3. The summed E-state index contributed by atoms with van der Waals surface area (Å²) in [5, 5.41) is 4.99. The summed E-state index contributed by atoms with van der Waals surface area (Å²) in [5.41, 5.74) is 16.9. The zero-order valence-electron chi connectivity index (χ0n) is 32.0. The summed E-state index contributed by atoms with van der Waals surface area (Å²) in [7, 11) is 0. The fraction of sp³-hybridized carbons (Fsp3) is 0.0545. The second kappa shape index (κ2) is 13.0. The molecule has 1 aliphatic rings. The van der Waals surface area contributed by atoms with Crippen LogP contribution in [0, 0.1) is 0 Å². The van der Waals surface area contributed by atoms with Gasteiger partial charge in [0.2, 0.25) is 0 Å². The Morgan fingerprint density at radius 3 is 1.79 bits per heavy atom. The van der Waals surface area contributed by atoms with Crippen molar-refractivity contribution in [2.75, 3.05) is 4.90 Å². The highest BCUT2D eigenvalue weighted by atomic mass is 15.1. The van der Waals surface area contributed by atoms with Crippen molar-refractivity contribution in [3.63, 3.8) is 0 Å². The van der Waals surface area contributed by atoms with E-state index in [1.807, 2.05) is 0 Å². The highest BCUT2D eigenvalue weighted by Gasteiger charge is 2.37. The van der Waals surface area contributed by atoms with Crippen LogP contribution in [-0.2, 0) is 5.41 Å². The first-order valence-corrected chi connectivity index (χ1v) is 19.9. The maximum Gasteiger partial charge on any atom is 0.0541 e. The summed E-state index contributed by atoms with van der Waals surface area (Å²) in [6, 6.07) is 75.7. The van der Waals surface area contributed by atoms with Crippen LogP contribution in [0.25, 0.3) is 71.6 Å². The Labute approximate surface area is 333 Å². The summed E-state index contributed by atoms with van der Waals surface area (Å²) >= 11 is 0. The van der Waals surface area contributed by atoms with Gasteiger partial charge in [-0.25, -0.2) is 0 Å². The summed E-state index contributed by atoms with van der Waals surface area (Å²) in [4.78, 5) is 2.46. The maximum atomic E-state index is 2.46. The Kier molecular flexibility index (Phi) is 7.55. The Bertz CT molecular complexity index is 3130. The van der Waals surface area contributed by atoms with Gasteiger partial charge in [-0.2, -0.15) is 0 Å². The van der Waals surface area contributed by atoms with Crippen molar-refractivity contribution < 1.29 is 0 Å². The molecule has 57 heavy (non-hydrogen) atoms. The Morgan fingerprint density at radius 1 is 0.404 bits per heavy atom. The highest BCUT2D eigenvalue weighted by molar-refractivity contribution is 6.09. The Balaban J connectivity index is 1.15. The van der Waals surface area contributed by atoms with Crippen molar-refractivity contribution in [3.8, 4) is 39.1 Å². The van der Waals surface area contributed by atoms with Crippen LogP contribution >= 0.6 is 0 Å². The van der Waals surface area contributed by atoms with Crippen LogP contribution in [0.4, 0.5) is 17.1 Å². The first kappa shape index (κ1) is 33.2. The molecule has 0 fully saturated rings. The van der Waals surface area contributed by atoms with Gasteiger partial charge in [0.05, 0.1) is 16.7 Å². The molecule has 0 unspecified atom stereocenters. The number of rotatable bonds is 6. The van der Waals surface area contributed by atoms with Crippen LogP contribution in [0.5, 0.6) is 0 Å². The third-order valence-electron chi connectivity index (χ3n) is 12.2. The molecule has 0 spiro atoms. The van der Waals surface area contributed by atoms with Crippen molar-refractivity contribution in [2.45, 2.75) is 19.3 Å². The van der Waals surface area contributed by atoms with E-state index in [-0.39, 0.29) is 5.41 Å². The monoisotopic (exact) mass is 728 g/mol. The zero-order valence-corrected chi connectivity index (χ0v) is 32.0. The number of anilines is 3. The number of benzene rings is 9. The van der Waals surface area contributed by atoms with Crippen LogP contribution in [0.3, 0.4) is 0 Å². The third kappa shape index (κ3) is 5.25. The van der Waals surface area contributed by atoms with E-state index in [1.54, 1.807) is 0 Å². The normalized spacial score (nSPS) is 12.9. The van der Waals surface area contributed by atoms with E-state index < -0.39 is 0 Å². The minimum absolute atomic E-state index is 0.0958. The Morgan fingerprint density at radius 2 is 0.982 bits per heavy atom. The van der Waals surface area contributed by atoms with Gasteiger partial charge in [-0.3, -0.25) is 0 Å². The van der Waals surface area contributed by atoms with Gasteiger partial charge in [-0.05, 0) is 104 Å². The van der Waals surface area contributed by atoms with Gasteiger partial charge in [0.15, 0.2) is 0 Å². The topological polar surface area (TPSA) is 8.17 Å². The number of aromatic nitrogens is 1. The SMILES string of the molecule is CC1(C)c2ccccc2-c2c(-c3ccccc3N(c3cccc(-c4ccc5ccccc5c4)c3)c3cccc(-n4c5ccccc5c5ccccc54)c3)cccc21. The minimum atomic E-state index is -0.0958. The largest absolute Gasteiger partial charge is 0.310 e. The first-order valence-electron chi connectivity index (χ1n) is 19.9. The van der Waals surface area contributed by atoms with Gasteiger partial charge in [0, 0.05) is 38.8 Å². The molecule has 270 valence electrons. The molecule has 0 saturated heterocycles. The van der Waals surface area contributed by atoms with Crippen molar-refractivity contribution >= 4 is 49.6 Å². The molecule has 10 aromatic rings. The number of fused-ring (bicyclic) bond motifs is 7. The number of hydrogen-bond acceptors (Lipinski definition) is 1. The van der Waals surface area contributed by atoms with Crippen LogP contribution in [0.2, 0.25) is 0 Å². The molecule has 0 amide bonds. The van der Waals surface area contributed by atoms with Gasteiger partial charge >= 0.3 is 0 Å². The lowest BCUT2D eigenvalue weighted by Crippen LogP contribution is -2.15. The average molecular weight is 729 g/mol. The van der Waals surface area contributed by atoms with E-state index in [9.17, 15) is 0 Å². The van der Waals surface area contributed by atoms with Crippen molar-refractivity contribution in [2.24, 2.45) is 0 Å². The molecule has 1 heterocycles. The maximum absolute atomic E-state index is 2.46. The second-order valence-corrected chi connectivity index (χ2v) is 15.8. The number of hydrogen-bond donors (Lipinski definition) is 0. The predicted molar refractivity (Wildman–Crippen MR) is 241 cm³/mol. The van der Waals surface area contributed by atoms with Crippen LogP contribution < -0.4 is 4.90 Å². The zero-order chi connectivity index (χ0) is 38.1. The summed E-state index contributed by atoms with van der Waals surface area (Å²) < 4.78 is 2.41. The molecule has 1 aromatic heterocycles. The van der Waals surface area contributed by atoms with Crippen LogP contribution in [-0.4, -0.2) is 4.57 Å². The van der Waals surface area contributed by atoms with E-state index in [0.29, 0.717) is 0 Å². The van der Waals surface area contributed by atoms with Gasteiger partial charge < -0.3 is 9.47 Å². The molecular weight excluding hydrogens is 689 g/mol. The second-order valence-electron chi connectivity index (χ2n) is 15.8. The van der Waals surface area contributed by atoms with Crippen LogP contribution in [0.1, 0.15) is 25.0 Å². The van der Waals surface area contributed by atoms with Crippen molar-refractivity contribution in [3.05, 3.63) is 217 Å². The molecule has 11 rings (SSSR count). The van der Waals surface area contributed by atoms with Crippen LogP contribution in [0.15, 0.2) is 206 Å². The van der Waals surface area contributed by atoms with E-state index in [4.69, 9.17) is 0 Å². The first-order chi connectivity index (χ1) is 28.0. The van der Waals surface area contributed by atoms with E-state index >= 15 is 0 Å². The molecule has 2 heteroatoms. The smallest absolute Gasteiger partial charge is 0.0541 e. The Hall–Kier alpha value is -7.16. The van der Waals surface area contributed by atoms with Gasteiger partial charge in [-0.1, -0.05) is 166 Å². The fourth-order valence-corrected chi connectivity index (χ4v) is 9.47. The quantitative estimate of drug-likeness (QED) is 0.165. The minimum Gasteiger partial charge on any atom is -0.310 e. The van der Waals surface area contributed by atoms with E-state index in [2.05, 4.69) is 230 Å². The third-order valence-corrected chi connectivity index (χ3v) is 12.2. The lowest BCUT2D eigenvalue weighted by atomic mass is 9.82. The highest BCUT2D eigenvalue weighted by Crippen LogP contribution is 2.54. The predicted octanol–water partition coefficient (Wildman–Crippen LogP) is 15.0. The molecule has 0 radical (unpaired) electrons. The summed E-state index contributed by atoms with van der Waals surface area (Å²) in [6.07, 6.45) is 0. The molecule has 0 aliphatic heterocycles. The molecule has 0 atom stereocenters. The van der Waals surface area contributed by atoms with E-state index in [0.717, 1.165) is 22.7 Å². The van der Waals surface area contributed by atoms with Crippen molar-refractivity contribution in [1.29, 1.82) is 0 Å². The number of nitrogens with zero attached hydrogens (tertiary/aromatic N) is 2. The lowest BCUT2D eigenvalue weighted by Gasteiger charge is -2.29.